The summed E-state index contributed by atoms with van der Waals surface area (Å²) in [7, 11) is 1.63. The fourth-order valence-corrected chi connectivity index (χ4v) is 2.99. The highest BCUT2D eigenvalue weighted by atomic mass is 16.5. The molecule has 0 aliphatic heterocycles. The van der Waals surface area contributed by atoms with Crippen molar-refractivity contribution in [2.24, 2.45) is 0 Å². The predicted molar refractivity (Wildman–Crippen MR) is 95.6 cm³/mol. The van der Waals surface area contributed by atoms with Gasteiger partial charge in [0.15, 0.2) is 0 Å². The number of hydrogen-bond acceptors (Lipinski definition) is 4. The molecule has 1 aliphatic rings. The molecule has 2 N–H and O–H groups in total. The first-order chi connectivity index (χ1) is 11.8. The maximum absolute atomic E-state index is 11.8. The standard InChI is InChI=1S/C19H30N2O3/c1-23-17-8-10-18(11-9-17)24-15-14-21-19(22)12-13-20-16-6-4-2-3-5-7-16/h8-11,16,20H,2-7,12-15H2,1H3,(H,21,22). The average molecular weight is 334 g/mol. The average Bonchev–Trinajstić information content (AvgIpc) is 2.88. The lowest BCUT2D eigenvalue weighted by molar-refractivity contribution is -0.121. The number of methoxy groups -OCH3 is 1. The molecule has 0 radical (unpaired) electrons. The van der Waals surface area contributed by atoms with Crippen LogP contribution in [-0.2, 0) is 4.79 Å². The minimum Gasteiger partial charge on any atom is -0.497 e. The van der Waals surface area contributed by atoms with Gasteiger partial charge in [0.25, 0.3) is 0 Å². The van der Waals surface area contributed by atoms with Crippen LogP contribution in [0, 0.1) is 0 Å². The Morgan fingerprint density at radius 3 is 2.38 bits per heavy atom. The van der Waals surface area contributed by atoms with Gasteiger partial charge in [-0.15, -0.1) is 0 Å². The van der Waals surface area contributed by atoms with Gasteiger partial charge in [-0.1, -0.05) is 25.7 Å². The van der Waals surface area contributed by atoms with Gasteiger partial charge in [-0.3, -0.25) is 4.79 Å². The highest BCUT2D eigenvalue weighted by Crippen LogP contribution is 2.17. The summed E-state index contributed by atoms with van der Waals surface area (Å²) < 4.78 is 10.7. The Morgan fingerprint density at radius 1 is 1.04 bits per heavy atom. The number of hydrogen-bond donors (Lipinski definition) is 2. The fourth-order valence-electron chi connectivity index (χ4n) is 2.99. The van der Waals surface area contributed by atoms with E-state index in [2.05, 4.69) is 10.6 Å². The first-order valence-corrected chi connectivity index (χ1v) is 9.05. The summed E-state index contributed by atoms with van der Waals surface area (Å²) in [6, 6.07) is 8.02. The summed E-state index contributed by atoms with van der Waals surface area (Å²) in [4.78, 5) is 11.8. The summed E-state index contributed by atoms with van der Waals surface area (Å²) >= 11 is 0. The van der Waals surface area contributed by atoms with Gasteiger partial charge in [-0.05, 0) is 37.1 Å². The topological polar surface area (TPSA) is 59.6 Å². The molecule has 2 rings (SSSR count). The second kappa shape index (κ2) is 10.9. The van der Waals surface area contributed by atoms with Crippen LogP contribution in [-0.4, -0.2) is 38.8 Å². The molecule has 0 aromatic heterocycles. The molecule has 134 valence electrons. The maximum Gasteiger partial charge on any atom is 0.221 e. The molecule has 0 unspecified atom stereocenters. The largest absolute Gasteiger partial charge is 0.497 e. The van der Waals surface area contributed by atoms with Crippen LogP contribution in [0.1, 0.15) is 44.9 Å². The van der Waals surface area contributed by atoms with Crippen LogP contribution < -0.4 is 20.1 Å². The summed E-state index contributed by atoms with van der Waals surface area (Å²) in [5.41, 5.74) is 0. The van der Waals surface area contributed by atoms with Crippen molar-refractivity contribution in [1.82, 2.24) is 10.6 Å². The number of ether oxygens (including phenoxy) is 2. The zero-order valence-electron chi connectivity index (χ0n) is 14.7. The van der Waals surface area contributed by atoms with E-state index in [1.165, 1.54) is 38.5 Å². The Kier molecular flexibility index (Phi) is 8.46. The van der Waals surface area contributed by atoms with Crippen molar-refractivity contribution in [3.63, 3.8) is 0 Å². The van der Waals surface area contributed by atoms with Crippen LogP contribution in [0.5, 0.6) is 11.5 Å². The van der Waals surface area contributed by atoms with Crippen molar-refractivity contribution in [2.75, 3.05) is 26.8 Å². The molecule has 0 atom stereocenters. The van der Waals surface area contributed by atoms with Crippen molar-refractivity contribution in [3.8, 4) is 11.5 Å². The van der Waals surface area contributed by atoms with Gasteiger partial charge < -0.3 is 20.1 Å². The van der Waals surface area contributed by atoms with E-state index in [-0.39, 0.29) is 5.91 Å². The van der Waals surface area contributed by atoms with E-state index in [9.17, 15) is 4.79 Å². The molecule has 5 heteroatoms. The lowest BCUT2D eigenvalue weighted by Crippen LogP contribution is -2.34. The molecule has 1 amide bonds. The zero-order valence-corrected chi connectivity index (χ0v) is 14.7. The summed E-state index contributed by atoms with van der Waals surface area (Å²) in [5, 5.41) is 6.41. The van der Waals surface area contributed by atoms with E-state index in [0.717, 1.165) is 18.0 Å². The SMILES string of the molecule is COc1ccc(OCCNC(=O)CCNC2CCCCCC2)cc1. The summed E-state index contributed by atoms with van der Waals surface area (Å²) in [5.74, 6) is 1.66. The van der Waals surface area contributed by atoms with Crippen LogP contribution in [0.2, 0.25) is 0 Å². The number of benzene rings is 1. The number of carbonyl (C=O) groups is 1. The Bertz CT molecular complexity index is 468. The Morgan fingerprint density at radius 2 is 1.71 bits per heavy atom. The van der Waals surface area contributed by atoms with Crippen LogP contribution in [0.15, 0.2) is 24.3 Å². The lowest BCUT2D eigenvalue weighted by Gasteiger charge is -2.15. The number of amides is 1. The predicted octanol–water partition coefficient (Wildman–Crippen LogP) is 2.89. The summed E-state index contributed by atoms with van der Waals surface area (Å²) in [6.45, 7) is 1.75. The highest BCUT2D eigenvalue weighted by Gasteiger charge is 2.11. The fraction of sp³-hybridized carbons (Fsp3) is 0.632. The van der Waals surface area contributed by atoms with Gasteiger partial charge in [0.1, 0.15) is 18.1 Å². The van der Waals surface area contributed by atoms with Gasteiger partial charge in [-0.25, -0.2) is 0 Å². The molecule has 1 aromatic rings. The van der Waals surface area contributed by atoms with Crippen LogP contribution in [0.3, 0.4) is 0 Å². The normalized spacial score (nSPS) is 15.5. The lowest BCUT2D eigenvalue weighted by atomic mass is 10.1. The quantitative estimate of drug-likeness (QED) is 0.538. The van der Waals surface area contributed by atoms with Crippen LogP contribution in [0.4, 0.5) is 0 Å². The van der Waals surface area contributed by atoms with E-state index in [4.69, 9.17) is 9.47 Å². The minimum atomic E-state index is 0.0782. The monoisotopic (exact) mass is 334 g/mol. The van der Waals surface area contributed by atoms with Gasteiger partial charge in [0.05, 0.1) is 13.7 Å². The van der Waals surface area contributed by atoms with Gasteiger partial charge in [0, 0.05) is 19.0 Å². The van der Waals surface area contributed by atoms with E-state index < -0.39 is 0 Å². The first kappa shape index (κ1) is 18.6. The zero-order chi connectivity index (χ0) is 17.0. The molecule has 5 nitrogen and oxygen atoms in total. The first-order valence-electron chi connectivity index (χ1n) is 9.05. The van der Waals surface area contributed by atoms with Crippen LogP contribution in [0.25, 0.3) is 0 Å². The Hall–Kier alpha value is -1.75. The second-order valence-corrected chi connectivity index (χ2v) is 6.27. The molecule has 0 bridgehead atoms. The van der Waals surface area contributed by atoms with Crippen molar-refractivity contribution in [3.05, 3.63) is 24.3 Å². The molecular formula is C19H30N2O3. The molecule has 24 heavy (non-hydrogen) atoms. The van der Waals surface area contributed by atoms with Gasteiger partial charge in [0.2, 0.25) is 5.91 Å². The number of rotatable bonds is 9. The molecule has 0 heterocycles. The third-order valence-corrected chi connectivity index (χ3v) is 4.39. The van der Waals surface area contributed by atoms with Crippen molar-refractivity contribution in [2.45, 2.75) is 51.0 Å². The molecule has 1 aliphatic carbocycles. The van der Waals surface area contributed by atoms with Crippen molar-refractivity contribution >= 4 is 5.91 Å². The van der Waals surface area contributed by atoms with Crippen molar-refractivity contribution < 1.29 is 14.3 Å². The van der Waals surface area contributed by atoms with Gasteiger partial charge in [-0.2, -0.15) is 0 Å². The molecule has 0 saturated heterocycles. The Labute approximate surface area is 145 Å². The van der Waals surface area contributed by atoms with E-state index in [0.29, 0.717) is 25.6 Å². The molecule has 1 saturated carbocycles. The molecule has 0 spiro atoms. The molecule has 1 fully saturated rings. The number of nitrogens with one attached hydrogen (secondary N) is 2. The Balaban J connectivity index is 1.51. The third-order valence-electron chi connectivity index (χ3n) is 4.39. The van der Waals surface area contributed by atoms with Gasteiger partial charge >= 0.3 is 0 Å². The molecular weight excluding hydrogens is 304 g/mol. The minimum absolute atomic E-state index is 0.0782. The maximum atomic E-state index is 11.8. The van der Waals surface area contributed by atoms with Crippen molar-refractivity contribution in [1.29, 1.82) is 0 Å². The second-order valence-electron chi connectivity index (χ2n) is 6.27. The van der Waals surface area contributed by atoms with E-state index >= 15 is 0 Å². The van der Waals surface area contributed by atoms with Crippen LogP contribution >= 0.6 is 0 Å². The third kappa shape index (κ3) is 7.21. The highest BCUT2D eigenvalue weighted by molar-refractivity contribution is 5.76. The van der Waals surface area contributed by atoms with E-state index in [1.807, 2.05) is 24.3 Å². The smallest absolute Gasteiger partial charge is 0.221 e. The summed E-state index contributed by atoms with van der Waals surface area (Å²) in [6.07, 6.45) is 8.35. The van der Waals surface area contributed by atoms with E-state index in [1.54, 1.807) is 7.11 Å². The molecule has 1 aromatic carbocycles. The number of carbonyl (C=O) groups excluding carboxylic acids is 1.